The minimum Gasteiger partial charge on any atom is -0.392 e. The standard InChI is InChI=1S/C18H24O/c1-18-11-10-14-13-5-3-2-4-12(13)6-7-15(14)16(18)8-9-17(18)19/h2-3,8,14-15,17,19H,4-7,9-11H2,1H3/t14-,15-,17?,18+/m1/s1. The number of aliphatic hydroxyl groups is 1. The van der Waals surface area contributed by atoms with E-state index in [9.17, 15) is 5.11 Å². The van der Waals surface area contributed by atoms with Gasteiger partial charge in [0, 0.05) is 5.41 Å². The third kappa shape index (κ3) is 1.57. The highest BCUT2D eigenvalue weighted by atomic mass is 16.3. The number of hydrogen-bond acceptors (Lipinski definition) is 1. The van der Waals surface area contributed by atoms with E-state index in [1.54, 1.807) is 16.7 Å². The molecule has 1 heteroatoms. The van der Waals surface area contributed by atoms with E-state index in [2.05, 4.69) is 25.2 Å². The molecule has 4 rings (SSSR count). The monoisotopic (exact) mass is 256 g/mol. The van der Waals surface area contributed by atoms with Gasteiger partial charge in [-0.1, -0.05) is 41.9 Å². The van der Waals surface area contributed by atoms with Crippen LogP contribution in [0.3, 0.4) is 0 Å². The third-order valence-electron chi connectivity index (χ3n) is 6.34. The number of hydrogen-bond donors (Lipinski definition) is 1. The van der Waals surface area contributed by atoms with Crippen molar-refractivity contribution in [2.45, 2.75) is 58.0 Å². The van der Waals surface area contributed by atoms with Crippen LogP contribution in [-0.2, 0) is 0 Å². The topological polar surface area (TPSA) is 20.2 Å². The van der Waals surface area contributed by atoms with Gasteiger partial charge < -0.3 is 5.11 Å². The van der Waals surface area contributed by atoms with Crippen molar-refractivity contribution in [2.24, 2.45) is 17.3 Å². The van der Waals surface area contributed by atoms with Crippen LogP contribution >= 0.6 is 0 Å². The number of fused-ring (bicyclic) bond motifs is 4. The predicted molar refractivity (Wildman–Crippen MR) is 77.7 cm³/mol. The highest BCUT2D eigenvalue weighted by Gasteiger charge is 2.50. The van der Waals surface area contributed by atoms with Crippen LogP contribution in [0.25, 0.3) is 0 Å². The smallest absolute Gasteiger partial charge is 0.0665 e. The quantitative estimate of drug-likeness (QED) is 0.645. The lowest BCUT2D eigenvalue weighted by Gasteiger charge is -2.48. The van der Waals surface area contributed by atoms with Crippen molar-refractivity contribution in [2.75, 3.05) is 0 Å². The molecule has 0 heterocycles. The van der Waals surface area contributed by atoms with Crippen molar-refractivity contribution in [3.05, 3.63) is 34.9 Å². The van der Waals surface area contributed by atoms with Crippen LogP contribution in [-0.4, -0.2) is 11.2 Å². The van der Waals surface area contributed by atoms with Crippen LogP contribution < -0.4 is 0 Å². The summed E-state index contributed by atoms with van der Waals surface area (Å²) >= 11 is 0. The number of rotatable bonds is 0. The van der Waals surface area contributed by atoms with Crippen molar-refractivity contribution >= 4 is 0 Å². The Labute approximate surface area is 116 Å². The molecule has 1 fully saturated rings. The van der Waals surface area contributed by atoms with E-state index in [4.69, 9.17) is 0 Å². The molecule has 0 amide bonds. The van der Waals surface area contributed by atoms with Crippen LogP contribution in [0.5, 0.6) is 0 Å². The fourth-order valence-electron chi connectivity index (χ4n) is 5.17. The van der Waals surface area contributed by atoms with E-state index >= 15 is 0 Å². The van der Waals surface area contributed by atoms with Gasteiger partial charge in [0.05, 0.1) is 6.10 Å². The second kappa shape index (κ2) is 4.09. The molecule has 0 bridgehead atoms. The fraction of sp³-hybridized carbons (Fsp3) is 0.667. The molecule has 4 atom stereocenters. The van der Waals surface area contributed by atoms with Gasteiger partial charge in [-0.05, 0) is 56.8 Å². The molecule has 0 spiro atoms. The molecule has 0 aromatic rings. The van der Waals surface area contributed by atoms with Gasteiger partial charge in [-0.3, -0.25) is 0 Å². The summed E-state index contributed by atoms with van der Waals surface area (Å²) in [6.45, 7) is 2.30. The van der Waals surface area contributed by atoms with Crippen LogP contribution in [0.1, 0.15) is 51.9 Å². The first kappa shape index (κ1) is 12.0. The van der Waals surface area contributed by atoms with E-state index in [-0.39, 0.29) is 11.5 Å². The molecule has 0 radical (unpaired) electrons. The SMILES string of the molecule is C[C@]12CC[C@@H]3C4=C(CC=CC4)CC[C@H]3C1=CCC2O. The van der Waals surface area contributed by atoms with Crippen molar-refractivity contribution in [1.29, 1.82) is 0 Å². The summed E-state index contributed by atoms with van der Waals surface area (Å²) < 4.78 is 0. The predicted octanol–water partition coefficient (Wildman–Crippen LogP) is 4.15. The Hall–Kier alpha value is -0.820. The summed E-state index contributed by atoms with van der Waals surface area (Å²) in [7, 11) is 0. The van der Waals surface area contributed by atoms with E-state index in [1.807, 2.05) is 0 Å². The summed E-state index contributed by atoms with van der Waals surface area (Å²) in [5.74, 6) is 1.53. The van der Waals surface area contributed by atoms with Crippen LogP contribution in [0, 0.1) is 17.3 Å². The van der Waals surface area contributed by atoms with Crippen LogP contribution in [0.4, 0.5) is 0 Å². The van der Waals surface area contributed by atoms with Crippen LogP contribution in [0.2, 0.25) is 0 Å². The van der Waals surface area contributed by atoms with Gasteiger partial charge in [0.2, 0.25) is 0 Å². The lowest BCUT2D eigenvalue weighted by Crippen LogP contribution is -2.41. The molecule has 4 aliphatic carbocycles. The van der Waals surface area contributed by atoms with Gasteiger partial charge in [0.1, 0.15) is 0 Å². The Balaban J connectivity index is 1.70. The van der Waals surface area contributed by atoms with Gasteiger partial charge in [-0.2, -0.15) is 0 Å². The van der Waals surface area contributed by atoms with Gasteiger partial charge in [-0.25, -0.2) is 0 Å². The van der Waals surface area contributed by atoms with Crippen molar-refractivity contribution in [3.8, 4) is 0 Å². The maximum Gasteiger partial charge on any atom is 0.0665 e. The van der Waals surface area contributed by atoms with Gasteiger partial charge in [0.25, 0.3) is 0 Å². The number of aliphatic hydroxyl groups excluding tert-OH is 1. The summed E-state index contributed by atoms with van der Waals surface area (Å²) in [6, 6.07) is 0. The van der Waals surface area contributed by atoms with E-state index < -0.39 is 0 Å². The maximum atomic E-state index is 10.3. The van der Waals surface area contributed by atoms with E-state index in [1.165, 1.54) is 38.5 Å². The van der Waals surface area contributed by atoms with Crippen molar-refractivity contribution < 1.29 is 5.11 Å². The van der Waals surface area contributed by atoms with Gasteiger partial charge in [0.15, 0.2) is 0 Å². The van der Waals surface area contributed by atoms with E-state index in [0.29, 0.717) is 0 Å². The molecule has 4 aliphatic rings. The molecule has 0 aromatic heterocycles. The zero-order chi connectivity index (χ0) is 13.0. The molecule has 19 heavy (non-hydrogen) atoms. The molecular weight excluding hydrogens is 232 g/mol. The second-order valence-corrected chi connectivity index (χ2v) is 7.13. The summed E-state index contributed by atoms with van der Waals surface area (Å²) in [4.78, 5) is 0. The molecule has 0 aromatic carbocycles. The summed E-state index contributed by atoms with van der Waals surface area (Å²) in [5.41, 5.74) is 5.22. The molecule has 102 valence electrons. The minimum atomic E-state index is -0.120. The Bertz CT molecular complexity index is 496. The highest BCUT2D eigenvalue weighted by molar-refractivity contribution is 5.37. The Morgan fingerprint density at radius 3 is 2.89 bits per heavy atom. The molecule has 1 nitrogen and oxygen atoms in total. The molecule has 0 saturated heterocycles. The first-order chi connectivity index (χ1) is 9.20. The first-order valence-corrected chi connectivity index (χ1v) is 7.94. The number of allylic oxidation sites excluding steroid dienone is 4. The molecule has 1 N–H and O–H groups in total. The largest absolute Gasteiger partial charge is 0.392 e. The summed E-state index contributed by atoms with van der Waals surface area (Å²) in [6.07, 6.45) is 15.4. The highest BCUT2D eigenvalue weighted by Crippen LogP contribution is 2.58. The average molecular weight is 256 g/mol. The zero-order valence-corrected chi connectivity index (χ0v) is 11.9. The lowest BCUT2D eigenvalue weighted by molar-refractivity contribution is 0.0421. The Morgan fingerprint density at radius 1 is 1.16 bits per heavy atom. The van der Waals surface area contributed by atoms with E-state index in [0.717, 1.165) is 18.3 Å². The first-order valence-electron chi connectivity index (χ1n) is 7.94. The fourth-order valence-corrected chi connectivity index (χ4v) is 5.17. The average Bonchev–Trinajstić information content (AvgIpc) is 2.75. The second-order valence-electron chi connectivity index (χ2n) is 7.13. The normalized spacial score (nSPS) is 44.5. The molecular formula is C18H24O. The minimum absolute atomic E-state index is 0.101. The third-order valence-corrected chi connectivity index (χ3v) is 6.34. The maximum absolute atomic E-state index is 10.3. The Kier molecular flexibility index (Phi) is 2.57. The van der Waals surface area contributed by atoms with Gasteiger partial charge >= 0.3 is 0 Å². The zero-order valence-electron chi connectivity index (χ0n) is 11.9. The van der Waals surface area contributed by atoms with Crippen molar-refractivity contribution in [1.82, 2.24) is 0 Å². The van der Waals surface area contributed by atoms with Crippen molar-refractivity contribution in [3.63, 3.8) is 0 Å². The van der Waals surface area contributed by atoms with Gasteiger partial charge in [-0.15, -0.1) is 0 Å². The molecule has 0 aliphatic heterocycles. The molecule has 1 unspecified atom stereocenters. The summed E-state index contributed by atoms with van der Waals surface area (Å²) in [5, 5.41) is 10.3. The Morgan fingerprint density at radius 2 is 2.00 bits per heavy atom. The lowest BCUT2D eigenvalue weighted by atomic mass is 9.57. The van der Waals surface area contributed by atoms with Crippen LogP contribution in [0.15, 0.2) is 34.9 Å². The molecule has 1 saturated carbocycles.